The van der Waals surface area contributed by atoms with E-state index in [0.717, 1.165) is 5.56 Å². The summed E-state index contributed by atoms with van der Waals surface area (Å²) in [6, 6.07) is 13.3. The number of phenols is 1. The summed E-state index contributed by atoms with van der Waals surface area (Å²) in [6.45, 7) is 0.265. The standard InChI is InChI=1S/C28H28O10/c1-32-13-23-27(14-5-7-18(34-3)20(9-14)35-4)37-21-10-15(6-8-19(21)36-23)28-26(31)25(30)24-17(29)11-16(33-2)12-22(24)38-28/h5-12,23,26-29,31H,13H2,1-4H3/t23-,26-,27-,28+/m0/s1. The van der Waals surface area contributed by atoms with Gasteiger partial charge in [0.15, 0.2) is 47.4 Å². The minimum Gasteiger partial charge on any atom is -0.507 e. The summed E-state index contributed by atoms with van der Waals surface area (Å²) in [7, 11) is 6.13. The number of fused-ring (bicyclic) bond motifs is 2. The van der Waals surface area contributed by atoms with Crippen LogP contribution in [0.4, 0.5) is 0 Å². The molecule has 0 aromatic heterocycles. The molecule has 10 heteroatoms. The highest BCUT2D eigenvalue weighted by Crippen LogP contribution is 2.46. The molecule has 0 aliphatic carbocycles. The minimum absolute atomic E-state index is 0.0944. The maximum atomic E-state index is 13.0. The van der Waals surface area contributed by atoms with Gasteiger partial charge in [-0.25, -0.2) is 0 Å². The smallest absolute Gasteiger partial charge is 0.202 e. The molecular formula is C28H28O10. The quantitative estimate of drug-likeness (QED) is 0.474. The van der Waals surface area contributed by atoms with Crippen LogP contribution in [0.1, 0.15) is 33.7 Å². The van der Waals surface area contributed by atoms with Crippen molar-refractivity contribution in [2.75, 3.05) is 35.0 Å². The van der Waals surface area contributed by atoms with E-state index < -0.39 is 30.2 Å². The largest absolute Gasteiger partial charge is 0.507 e. The van der Waals surface area contributed by atoms with Gasteiger partial charge in [0.25, 0.3) is 0 Å². The molecule has 10 nitrogen and oxygen atoms in total. The molecule has 0 fully saturated rings. The van der Waals surface area contributed by atoms with Crippen LogP contribution in [-0.2, 0) is 4.74 Å². The summed E-state index contributed by atoms with van der Waals surface area (Å²) in [5, 5.41) is 21.1. The fraction of sp³-hybridized carbons (Fsp3) is 0.321. The number of ketones is 1. The molecule has 0 radical (unpaired) electrons. The Kier molecular flexibility index (Phi) is 6.92. The van der Waals surface area contributed by atoms with Crippen molar-refractivity contribution in [3.8, 4) is 40.2 Å². The van der Waals surface area contributed by atoms with Gasteiger partial charge in [-0.3, -0.25) is 4.79 Å². The minimum atomic E-state index is -1.55. The van der Waals surface area contributed by atoms with Gasteiger partial charge in [-0.1, -0.05) is 12.1 Å². The molecule has 3 aromatic rings. The molecule has 5 rings (SSSR count). The Labute approximate surface area is 219 Å². The molecule has 0 unspecified atom stereocenters. The Hall–Kier alpha value is -4.15. The number of methoxy groups -OCH3 is 4. The first kappa shape index (κ1) is 25.5. The summed E-state index contributed by atoms with van der Waals surface area (Å²) in [6.07, 6.45) is -3.62. The molecule has 0 saturated carbocycles. The number of carbonyl (C=O) groups excluding carboxylic acids is 1. The Morgan fingerprint density at radius 1 is 0.763 bits per heavy atom. The molecule has 0 bridgehead atoms. The summed E-state index contributed by atoms with van der Waals surface area (Å²) in [5.74, 6) is 1.43. The molecule has 0 spiro atoms. The third-order valence-electron chi connectivity index (χ3n) is 6.58. The highest BCUT2D eigenvalue weighted by molar-refractivity contribution is 6.05. The summed E-state index contributed by atoms with van der Waals surface area (Å²) < 4.78 is 39.9. The lowest BCUT2D eigenvalue weighted by Crippen LogP contribution is -2.37. The molecule has 0 saturated heterocycles. The van der Waals surface area contributed by atoms with E-state index >= 15 is 0 Å². The number of carbonyl (C=O) groups is 1. The van der Waals surface area contributed by atoms with E-state index in [1.165, 1.54) is 19.2 Å². The second-order valence-corrected chi connectivity index (χ2v) is 8.84. The van der Waals surface area contributed by atoms with Crippen LogP contribution in [-0.4, -0.2) is 63.3 Å². The fourth-order valence-corrected chi connectivity index (χ4v) is 4.70. The first-order valence-corrected chi connectivity index (χ1v) is 11.9. The van der Waals surface area contributed by atoms with Crippen LogP contribution in [0, 0.1) is 0 Å². The molecule has 4 atom stereocenters. The maximum absolute atomic E-state index is 13.0. The van der Waals surface area contributed by atoms with Crippen molar-refractivity contribution in [1.82, 2.24) is 0 Å². The van der Waals surface area contributed by atoms with Gasteiger partial charge in [0, 0.05) is 24.8 Å². The molecule has 200 valence electrons. The van der Waals surface area contributed by atoms with Crippen molar-refractivity contribution in [1.29, 1.82) is 0 Å². The first-order valence-electron chi connectivity index (χ1n) is 11.9. The highest BCUT2D eigenvalue weighted by atomic mass is 16.6. The zero-order valence-corrected chi connectivity index (χ0v) is 21.3. The van der Waals surface area contributed by atoms with Crippen LogP contribution in [0.5, 0.6) is 40.2 Å². The number of aliphatic hydroxyl groups is 1. The normalized spacial score (nSPS) is 21.8. The number of rotatable bonds is 7. The van der Waals surface area contributed by atoms with Gasteiger partial charge in [0.05, 0.1) is 27.9 Å². The van der Waals surface area contributed by atoms with Crippen LogP contribution in [0.3, 0.4) is 0 Å². The van der Waals surface area contributed by atoms with Crippen molar-refractivity contribution < 1.29 is 48.2 Å². The molecule has 2 heterocycles. The number of benzene rings is 3. The van der Waals surface area contributed by atoms with Crippen LogP contribution in [0.25, 0.3) is 0 Å². The molecule has 2 aliphatic heterocycles. The van der Waals surface area contributed by atoms with Crippen LogP contribution in [0.15, 0.2) is 48.5 Å². The molecule has 38 heavy (non-hydrogen) atoms. The maximum Gasteiger partial charge on any atom is 0.202 e. The van der Waals surface area contributed by atoms with E-state index in [4.69, 9.17) is 33.2 Å². The zero-order valence-electron chi connectivity index (χ0n) is 21.3. The topological polar surface area (TPSA) is 122 Å². The lowest BCUT2D eigenvalue weighted by molar-refractivity contribution is -0.0244. The van der Waals surface area contributed by atoms with Gasteiger partial charge in [0.2, 0.25) is 5.78 Å². The summed E-state index contributed by atoms with van der Waals surface area (Å²) in [5.41, 5.74) is 1.17. The molecule has 3 aromatic carbocycles. The lowest BCUT2D eigenvalue weighted by atomic mass is 9.92. The van der Waals surface area contributed by atoms with E-state index in [2.05, 4.69) is 0 Å². The van der Waals surface area contributed by atoms with E-state index in [9.17, 15) is 15.0 Å². The first-order chi connectivity index (χ1) is 18.4. The Morgan fingerprint density at radius 2 is 1.47 bits per heavy atom. The van der Waals surface area contributed by atoms with Crippen molar-refractivity contribution >= 4 is 5.78 Å². The monoisotopic (exact) mass is 524 g/mol. The Balaban J connectivity index is 1.49. The number of phenolic OH excluding ortho intramolecular Hbond substituents is 1. The fourth-order valence-electron chi connectivity index (χ4n) is 4.70. The van der Waals surface area contributed by atoms with Gasteiger partial charge in [-0.2, -0.15) is 0 Å². The van der Waals surface area contributed by atoms with Gasteiger partial charge in [0.1, 0.15) is 22.8 Å². The van der Waals surface area contributed by atoms with Crippen molar-refractivity contribution in [2.45, 2.75) is 24.4 Å². The number of Topliss-reactive ketones (excluding diaryl/α,β-unsaturated/α-hetero) is 1. The van der Waals surface area contributed by atoms with E-state index in [1.807, 2.05) is 12.1 Å². The van der Waals surface area contributed by atoms with E-state index in [0.29, 0.717) is 34.3 Å². The van der Waals surface area contributed by atoms with Gasteiger partial charge >= 0.3 is 0 Å². The average molecular weight is 525 g/mol. The van der Waals surface area contributed by atoms with Crippen molar-refractivity contribution in [3.05, 3.63) is 65.2 Å². The molecule has 2 aliphatic rings. The summed E-state index contributed by atoms with van der Waals surface area (Å²) >= 11 is 0. The second-order valence-electron chi connectivity index (χ2n) is 8.84. The van der Waals surface area contributed by atoms with Gasteiger partial charge < -0.3 is 43.4 Å². The zero-order chi connectivity index (χ0) is 27.0. The third-order valence-corrected chi connectivity index (χ3v) is 6.58. The van der Waals surface area contributed by atoms with Crippen LogP contribution in [0.2, 0.25) is 0 Å². The highest BCUT2D eigenvalue weighted by Gasteiger charge is 2.40. The number of hydrogen-bond acceptors (Lipinski definition) is 10. The predicted octanol–water partition coefficient (Wildman–Crippen LogP) is 3.62. The summed E-state index contributed by atoms with van der Waals surface area (Å²) in [4.78, 5) is 13.0. The van der Waals surface area contributed by atoms with Crippen LogP contribution < -0.4 is 28.4 Å². The van der Waals surface area contributed by atoms with Gasteiger partial charge in [-0.15, -0.1) is 0 Å². The molecule has 0 amide bonds. The number of hydrogen-bond donors (Lipinski definition) is 2. The Morgan fingerprint density at radius 3 is 2.18 bits per heavy atom. The lowest BCUT2D eigenvalue weighted by Gasteiger charge is -2.35. The molecule has 2 N–H and O–H groups in total. The van der Waals surface area contributed by atoms with Crippen molar-refractivity contribution in [3.63, 3.8) is 0 Å². The van der Waals surface area contributed by atoms with Crippen molar-refractivity contribution in [2.24, 2.45) is 0 Å². The third kappa shape index (κ3) is 4.42. The van der Waals surface area contributed by atoms with E-state index in [-0.39, 0.29) is 23.7 Å². The predicted molar refractivity (Wildman–Crippen MR) is 134 cm³/mol. The van der Waals surface area contributed by atoms with E-state index in [1.54, 1.807) is 45.6 Å². The van der Waals surface area contributed by atoms with Crippen LogP contribution >= 0.6 is 0 Å². The number of aromatic hydroxyl groups is 1. The average Bonchev–Trinajstić information content (AvgIpc) is 2.93. The number of aliphatic hydroxyl groups excluding tert-OH is 1. The SMILES string of the molecule is COC[C@@H]1Oc2ccc([C@H]3Oc4cc(OC)cc(O)c4C(=O)[C@@H]3O)cc2O[C@H]1c1ccc(OC)c(OC)c1. The second kappa shape index (κ2) is 10.3. The van der Waals surface area contributed by atoms with Gasteiger partial charge in [-0.05, 0) is 29.8 Å². The Bertz CT molecular complexity index is 1350. The molecular weight excluding hydrogens is 496 g/mol. The number of ether oxygens (including phenoxy) is 7.